The number of hydrogen-bond acceptors (Lipinski definition) is 3. The first-order chi connectivity index (χ1) is 9.66. The SMILES string of the molecule is CCC(CC)(CN)C(=O)N1CCCC(n2cccn2)C1. The lowest BCUT2D eigenvalue weighted by Gasteiger charge is -2.39. The molecule has 2 N–H and O–H groups in total. The van der Waals surface area contributed by atoms with Crippen molar-refractivity contribution in [1.29, 1.82) is 0 Å². The molecule has 1 aliphatic heterocycles. The van der Waals surface area contributed by atoms with Gasteiger partial charge in [0.1, 0.15) is 0 Å². The fourth-order valence-corrected chi connectivity index (χ4v) is 3.12. The first kappa shape index (κ1) is 15.0. The van der Waals surface area contributed by atoms with Crippen molar-refractivity contribution < 1.29 is 4.79 Å². The van der Waals surface area contributed by atoms with E-state index in [1.54, 1.807) is 6.20 Å². The molecule has 0 bridgehead atoms. The van der Waals surface area contributed by atoms with Crippen LogP contribution in [0.5, 0.6) is 0 Å². The fraction of sp³-hybridized carbons (Fsp3) is 0.733. The number of rotatable bonds is 5. The summed E-state index contributed by atoms with van der Waals surface area (Å²) in [7, 11) is 0. The zero-order valence-electron chi connectivity index (χ0n) is 12.6. The largest absolute Gasteiger partial charge is 0.340 e. The van der Waals surface area contributed by atoms with Crippen LogP contribution >= 0.6 is 0 Å². The molecule has 0 aromatic carbocycles. The third-order valence-electron chi connectivity index (χ3n) is 4.78. The van der Waals surface area contributed by atoms with Crippen LogP contribution in [-0.4, -0.2) is 40.2 Å². The Bertz CT molecular complexity index is 417. The molecule has 0 saturated carbocycles. The number of nitrogens with two attached hydrogens (primary N) is 1. The van der Waals surface area contributed by atoms with E-state index >= 15 is 0 Å². The lowest BCUT2D eigenvalue weighted by atomic mass is 9.80. The van der Waals surface area contributed by atoms with E-state index in [1.165, 1.54) is 0 Å². The molecule has 1 aromatic heterocycles. The molecule has 5 heteroatoms. The van der Waals surface area contributed by atoms with Gasteiger partial charge >= 0.3 is 0 Å². The van der Waals surface area contributed by atoms with Crippen molar-refractivity contribution in [3.8, 4) is 0 Å². The molecule has 2 heterocycles. The first-order valence-corrected chi connectivity index (χ1v) is 7.65. The Labute approximate surface area is 121 Å². The molecule has 0 spiro atoms. The van der Waals surface area contributed by atoms with Crippen LogP contribution in [0.4, 0.5) is 0 Å². The van der Waals surface area contributed by atoms with E-state index in [0.717, 1.165) is 38.8 Å². The summed E-state index contributed by atoms with van der Waals surface area (Å²) in [5.74, 6) is 0.224. The second kappa shape index (κ2) is 6.39. The molecule has 1 saturated heterocycles. The van der Waals surface area contributed by atoms with Crippen LogP contribution in [0.1, 0.15) is 45.6 Å². The molecule has 1 unspecified atom stereocenters. The Morgan fingerprint density at radius 3 is 2.75 bits per heavy atom. The van der Waals surface area contributed by atoms with E-state index in [-0.39, 0.29) is 11.3 Å². The molecule has 1 atom stereocenters. The van der Waals surface area contributed by atoms with Gasteiger partial charge in [-0.1, -0.05) is 13.8 Å². The van der Waals surface area contributed by atoms with E-state index in [9.17, 15) is 4.79 Å². The number of carbonyl (C=O) groups is 1. The topological polar surface area (TPSA) is 64.2 Å². The van der Waals surface area contributed by atoms with Crippen LogP contribution in [0, 0.1) is 5.41 Å². The third-order valence-corrected chi connectivity index (χ3v) is 4.78. The number of aromatic nitrogens is 2. The van der Waals surface area contributed by atoms with Crippen LogP contribution in [0.2, 0.25) is 0 Å². The molecule has 2 rings (SSSR count). The third kappa shape index (κ3) is 2.73. The Morgan fingerprint density at radius 1 is 1.45 bits per heavy atom. The van der Waals surface area contributed by atoms with Crippen molar-refractivity contribution >= 4 is 5.91 Å². The Balaban J connectivity index is 2.10. The summed E-state index contributed by atoms with van der Waals surface area (Å²) in [6.07, 6.45) is 7.50. The minimum Gasteiger partial charge on any atom is -0.340 e. The van der Waals surface area contributed by atoms with E-state index in [0.29, 0.717) is 12.6 Å². The summed E-state index contributed by atoms with van der Waals surface area (Å²) in [4.78, 5) is 14.8. The molecule has 1 fully saturated rings. The van der Waals surface area contributed by atoms with Crippen molar-refractivity contribution in [2.45, 2.75) is 45.6 Å². The minimum atomic E-state index is -0.383. The summed E-state index contributed by atoms with van der Waals surface area (Å²) in [6, 6.07) is 2.23. The molecule has 0 radical (unpaired) electrons. The maximum absolute atomic E-state index is 12.8. The second-order valence-corrected chi connectivity index (χ2v) is 5.72. The molecular weight excluding hydrogens is 252 g/mol. The summed E-state index contributed by atoms with van der Waals surface area (Å²) in [5, 5.41) is 4.31. The number of piperidine rings is 1. The van der Waals surface area contributed by atoms with E-state index in [1.807, 2.05) is 21.8 Å². The predicted octanol–water partition coefficient (Wildman–Crippen LogP) is 1.81. The van der Waals surface area contributed by atoms with Gasteiger partial charge in [0.25, 0.3) is 0 Å². The monoisotopic (exact) mass is 278 g/mol. The summed E-state index contributed by atoms with van der Waals surface area (Å²) in [5.41, 5.74) is 5.52. The van der Waals surface area contributed by atoms with Crippen molar-refractivity contribution in [2.75, 3.05) is 19.6 Å². The second-order valence-electron chi connectivity index (χ2n) is 5.72. The summed E-state index contributed by atoms with van der Waals surface area (Å²) >= 11 is 0. The van der Waals surface area contributed by atoms with Gasteiger partial charge in [0.05, 0.1) is 11.5 Å². The summed E-state index contributed by atoms with van der Waals surface area (Å²) < 4.78 is 1.97. The highest BCUT2D eigenvalue weighted by Gasteiger charge is 2.38. The van der Waals surface area contributed by atoms with Crippen molar-refractivity contribution in [1.82, 2.24) is 14.7 Å². The molecule has 5 nitrogen and oxygen atoms in total. The Hall–Kier alpha value is -1.36. The zero-order valence-corrected chi connectivity index (χ0v) is 12.6. The van der Waals surface area contributed by atoms with Gasteiger partial charge in [0, 0.05) is 32.0 Å². The van der Waals surface area contributed by atoms with Crippen LogP contribution in [0.25, 0.3) is 0 Å². The number of carbonyl (C=O) groups excluding carboxylic acids is 1. The highest BCUT2D eigenvalue weighted by atomic mass is 16.2. The van der Waals surface area contributed by atoms with E-state index in [4.69, 9.17) is 5.73 Å². The van der Waals surface area contributed by atoms with E-state index in [2.05, 4.69) is 18.9 Å². The molecule has 112 valence electrons. The van der Waals surface area contributed by atoms with Gasteiger partial charge in [0.15, 0.2) is 0 Å². The highest BCUT2D eigenvalue weighted by molar-refractivity contribution is 5.83. The average Bonchev–Trinajstić information content (AvgIpc) is 3.04. The molecular formula is C15H26N4O. The van der Waals surface area contributed by atoms with Gasteiger partial charge in [-0.2, -0.15) is 5.10 Å². The number of nitrogens with zero attached hydrogens (tertiary/aromatic N) is 3. The maximum atomic E-state index is 12.8. The quantitative estimate of drug-likeness (QED) is 0.893. The number of likely N-dealkylation sites (tertiary alicyclic amines) is 1. The summed E-state index contributed by atoms with van der Waals surface area (Å²) in [6.45, 7) is 6.15. The van der Waals surface area contributed by atoms with Crippen molar-refractivity contribution in [3.05, 3.63) is 18.5 Å². The first-order valence-electron chi connectivity index (χ1n) is 7.65. The number of hydrogen-bond donors (Lipinski definition) is 1. The maximum Gasteiger partial charge on any atom is 0.230 e. The standard InChI is InChI=1S/C15H26N4O/c1-3-15(4-2,12-16)14(20)18-9-5-7-13(11-18)19-10-6-8-17-19/h6,8,10,13H,3-5,7,9,11-12,16H2,1-2H3. The van der Waals surface area contributed by atoms with Gasteiger partial charge in [-0.05, 0) is 31.7 Å². The Kier molecular flexibility index (Phi) is 4.81. The minimum absolute atomic E-state index is 0.224. The van der Waals surface area contributed by atoms with Gasteiger partial charge in [-0.3, -0.25) is 9.48 Å². The van der Waals surface area contributed by atoms with Crippen LogP contribution in [-0.2, 0) is 4.79 Å². The normalized spacial score (nSPS) is 20.1. The van der Waals surface area contributed by atoms with Gasteiger partial charge < -0.3 is 10.6 Å². The fourth-order valence-electron chi connectivity index (χ4n) is 3.12. The van der Waals surface area contributed by atoms with Crippen LogP contribution < -0.4 is 5.73 Å². The zero-order chi connectivity index (χ0) is 14.6. The molecule has 1 aromatic rings. The Morgan fingerprint density at radius 2 is 2.20 bits per heavy atom. The lowest BCUT2D eigenvalue weighted by molar-refractivity contribution is -0.144. The predicted molar refractivity (Wildman–Crippen MR) is 79.1 cm³/mol. The van der Waals surface area contributed by atoms with Gasteiger partial charge in [-0.15, -0.1) is 0 Å². The van der Waals surface area contributed by atoms with Crippen molar-refractivity contribution in [3.63, 3.8) is 0 Å². The van der Waals surface area contributed by atoms with Crippen LogP contribution in [0.15, 0.2) is 18.5 Å². The molecule has 1 aliphatic rings. The molecule has 1 amide bonds. The van der Waals surface area contributed by atoms with Crippen LogP contribution in [0.3, 0.4) is 0 Å². The van der Waals surface area contributed by atoms with E-state index < -0.39 is 0 Å². The smallest absolute Gasteiger partial charge is 0.230 e. The van der Waals surface area contributed by atoms with Crippen molar-refractivity contribution in [2.24, 2.45) is 11.1 Å². The number of amides is 1. The van der Waals surface area contributed by atoms with Gasteiger partial charge in [0.2, 0.25) is 5.91 Å². The molecule has 0 aliphatic carbocycles. The lowest BCUT2D eigenvalue weighted by Crippen LogP contribution is -2.51. The highest BCUT2D eigenvalue weighted by Crippen LogP contribution is 2.31. The average molecular weight is 278 g/mol. The molecule has 20 heavy (non-hydrogen) atoms. The van der Waals surface area contributed by atoms with Gasteiger partial charge in [-0.25, -0.2) is 0 Å².